The number of benzene rings is 1. The van der Waals surface area contributed by atoms with Crippen molar-refractivity contribution in [1.82, 2.24) is 10.2 Å². The molecule has 5 nitrogen and oxygen atoms in total. The van der Waals surface area contributed by atoms with E-state index < -0.39 is 0 Å². The number of amides is 1. The number of rotatable bonds is 4. The number of piperidine rings is 1. The van der Waals surface area contributed by atoms with Gasteiger partial charge in [-0.15, -0.1) is 24.8 Å². The molecule has 1 aliphatic carbocycles. The molecule has 1 spiro atoms. The van der Waals surface area contributed by atoms with Crippen LogP contribution in [0.2, 0.25) is 0 Å². The molecule has 1 amide bonds. The molecule has 7 heteroatoms. The Morgan fingerprint density at radius 1 is 1.18 bits per heavy atom. The first-order chi connectivity index (χ1) is 12.6. The number of carbonyl (C=O) groups is 1. The van der Waals surface area contributed by atoms with E-state index in [2.05, 4.69) is 41.5 Å². The predicted molar refractivity (Wildman–Crippen MR) is 117 cm³/mol. The lowest BCUT2D eigenvalue weighted by atomic mass is 9.91. The van der Waals surface area contributed by atoms with Crippen molar-refractivity contribution in [3.8, 4) is 0 Å². The van der Waals surface area contributed by atoms with Crippen molar-refractivity contribution in [2.45, 2.75) is 51.9 Å². The summed E-state index contributed by atoms with van der Waals surface area (Å²) in [6.45, 7) is 9.08. The third kappa shape index (κ3) is 5.19. The number of nitrogens with one attached hydrogen (secondary N) is 2. The maximum atomic E-state index is 12.8. The van der Waals surface area contributed by atoms with Crippen LogP contribution in [0.25, 0.3) is 0 Å². The van der Waals surface area contributed by atoms with Gasteiger partial charge in [0.25, 0.3) is 0 Å². The molecule has 2 heterocycles. The van der Waals surface area contributed by atoms with Crippen molar-refractivity contribution in [3.05, 3.63) is 29.8 Å². The average molecular weight is 430 g/mol. The van der Waals surface area contributed by atoms with Crippen LogP contribution in [-0.2, 0) is 16.1 Å². The number of ether oxygens (including phenoxy) is 1. The van der Waals surface area contributed by atoms with Crippen molar-refractivity contribution >= 4 is 36.4 Å². The molecule has 2 N–H and O–H groups in total. The molecule has 1 saturated carbocycles. The number of morpholine rings is 1. The fourth-order valence-corrected chi connectivity index (χ4v) is 4.85. The first-order valence-corrected chi connectivity index (χ1v) is 10.0. The Kier molecular flexibility index (Phi) is 8.17. The maximum Gasteiger partial charge on any atom is 0.228 e. The molecule has 4 rings (SSSR count). The van der Waals surface area contributed by atoms with Crippen LogP contribution in [0.3, 0.4) is 0 Å². The monoisotopic (exact) mass is 429 g/mol. The lowest BCUT2D eigenvalue weighted by molar-refractivity contribution is -0.118. The summed E-state index contributed by atoms with van der Waals surface area (Å²) in [5, 5.41) is 6.64. The van der Waals surface area contributed by atoms with Crippen LogP contribution >= 0.6 is 24.8 Å². The minimum absolute atomic E-state index is 0. The second-order valence-electron chi connectivity index (χ2n) is 8.47. The van der Waals surface area contributed by atoms with Crippen LogP contribution < -0.4 is 10.6 Å². The Bertz CT molecular complexity index is 657. The second-order valence-corrected chi connectivity index (χ2v) is 8.47. The summed E-state index contributed by atoms with van der Waals surface area (Å²) in [5.74, 6) is 0.407. The summed E-state index contributed by atoms with van der Waals surface area (Å²) in [6, 6.07) is 8.24. The van der Waals surface area contributed by atoms with Gasteiger partial charge in [0, 0.05) is 31.2 Å². The Balaban J connectivity index is 0.00000140. The van der Waals surface area contributed by atoms with E-state index in [0.717, 1.165) is 57.7 Å². The van der Waals surface area contributed by atoms with Gasteiger partial charge in [-0.2, -0.15) is 0 Å². The van der Waals surface area contributed by atoms with Crippen LogP contribution in [0.4, 0.5) is 5.69 Å². The summed E-state index contributed by atoms with van der Waals surface area (Å²) in [4.78, 5) is 15.3. The average Bonchev–Trinajstić information content (AvgIpc) is 3.29. The van der Waals surface area contributed by atoms with Crippen molar-refractivity contribution in [3.63, 3.8) is 0 Å². The molecule has 1 aromatic carbocycles. The molecule has 3 unspecified atom stereocenters. The Hall–Kier alpha value is -0.850. The number of hydrogen-bond acceptors (Lipinski definition) is 4. The number of anilines is 1. The smallest absolute Gasteiger partial charge is 0.228 e. The third-order valence-electron chi connectivity index (χ3n) is 6.27. The van der Waals surface area contributed by atoms with E-state index in [1.807, 2.05) is 12.1 Å². The first kappa shape index (κ1) is 23.4. The maximum absolute atomic E-state index is 12.8. The summed E-state index contributed by atoms with van der Waals surface area (Å²) in [6.07, 6.45) is 3.84. The number of hydrogen-bond donors (Lipinski definition) is 2. The summed E-state index contributed by atoms with van der Waals surface area (Å²) >= 11 is 0. The number of halogens is 2. The Labute approximate surface area is 180 Å². The molecular weight excluding hydrogens is 397 g/mol. The lowest BCUT2D eigenvalue weighted by Crippen LogP contribution is -2.44. The van der Waals surface area contributed by atoms with Gasteiger partial charge in [-0.25, -0.2) is 0 Å². The van der Waals surface area contributed by atoms with Crippen LogP contribution in [0.1, 0.15) is 38.7 Å². The molecular formula is C21H33Cl2N3O2. The van der Waals surface area contributed by atoms with E-state index in [1.165, 1.54) is 5.56 Å². The fraction of sp³-hybridized carbons (Fsp3) is 0.667. The molecule has 3 fully saturated rings. The van der Waals surface area contributed by atoms with Crippen molar-refractivity contribution < 1.29 is 9.53 Å². The quantitative estimate of drug-likeness (QED) is 0.768. The van der Waals surface area contributed by atoms with Crippen molar-refractivity contribution in [2.75, 3.05) is 31.5 Å². The molecule has 158 valence electrons. The van der Waals surface area contributed by atoms with Gasteiger partial charge in [0.15, 0.2) is 0 Å². The largest absolute Gasteiger partial charge is 0.373 e. The minimum atomic E-state index is 0. The van der Waals surface area contributed by atoms with Gasteiger partial charge >= 0.3 is 0 Å². The van der Waals surface area contributed by atoms with Crippen molar-refractivity contribution in [2.24, 2.45) is 11.3 Å². The molecule has 2 aliphatic heterocycles. The lowest BCUT2D eigenvalue weighted by Gasteiger charge is -2.35. The summed E-state index contributed by atoms with van der Waals surface area (Å²) < 4.78 is 5.84. The van der Waals surface area contributed by atoms with Crippen LogP contribution in [0.5, 0.6) is 0 Å². The zero-order valence-corrected chi connectivity index (χ0v) is 18.4. The fourth-order valence-electron chi connectivity index (χ4n) is 4.85. The molecule has 0 radical (unpaired) electrons. The third-order valence-corrected chi connectivity index (χ3v) is 6.27. The second kappa shape index (κ2) is 9.77. The van der Waals surface area contributed by atoms with Gasteiger partial charge in [-0.05, 0) is 63.2 Å². The number of carbonyl (C=O) groups excluding carboxylic acids is 1. The molecule has 1 aromatic rings. The SMILES string of the molecule is CC1CN(Cc2ccccc2NC(=O)C2CC23CCNCC3)CC(C)O1.Cl.Cl. The molecule has 0 bridgehead atoms. The number of para-hydroxylation sites is 1. The zero-order valence-electron chi connectivity index (χ0n) is 16.8. The Morgan fingerprint density at radius 3 is 2.50 bits per heavy atom. The molecule has 0 aromatic heterocycles. The number of nitrogens with zero attached hydrogens (tertiary/aromatic N) is 1. The van der Waals surface area contributed by atoms with Crippen LogP contribution in [0, 0.1) is 11.3 Å². The first-order valence-electron chi connectivity index (χ1n) is 10.0. The van der Waals surface area contributed by atoms with E-state index in [1.54, 1.807) is 0 Å². The highest BCUT2D eigenvalue weighted by molar-refractivity contribution is 5.95. The van der Waals surface area contributed by atoms with Crippen LogP contribution in [0.15, 0.2) is 24.3 Å². The highest BCUT2D eigenvalue weighted by atomic mass is 35.5. The summed E-state index contributed by atoms with van der Waals surface area (Å²) in [5.41, 5.74) is 2.45. The molecule has 28 heavy (non-hydrogen) atoms. The zero-order chi connectivity index (χ0) is 18.1. The Morgan fingerprint density at radius 2 is 1.82 bits per heavy atom. The van der Waals surface area contributed by atoms with Crippen molar-refractivity contribution in [1.29, 1.82) is 0 Å². The topological polar surface area (TPSA) is 53.6 Å². The summed E-state index contributed by atoms with van der Waals surface area (Å²) in [7, 11) is 0. The van der Waals surface area contributed by atoms with Gasteiger partial charge in [0.2, 0.25) is 5.91 Å². The van der Waals surface area contributed by atoms with Crippen LogP contribution in [-0.4, -0.2) is 49.2 Å². The van der Waals surface area contributed by atoms with Gasteiger partial charge in [0.1, 0.15) is 0 Å². The minimum Gasteiger partial charge on any atom is -0.373 e. The highest BCUT2D eigenvalue weighted by Gasteiger charge is 2.57. The van der Waals surface area contributed by atoms with E-state index >= 15 is 0 Å². The predicted octanol–water partition coefficient (Wildman–Crippen LogP) is 3.47. The standard InChI is InChI=1S/C21H31N3O2.2ClH/c1-15-12-24(13-16(2)26-15)14-17-5-3-4-6-19(17)23-20(25)18-11-21(18)7-9-22-10-8-21;;/h3-6,15-16,18,22H,7-14H2,1-2H3,(H,23,25);2*1H. The van der Waals surface area contributed by atoms with E-state index in [9.17, 15) is 4.79 Å². The van der Waals surface area contributed by atoms with Gasteiger partial charge in [-0.3, -0.25) is 9.69 Å². The molecule has 3 atom stereocenters. The molecule has 3 aliphatic rings. The van der Waals surface area contributed by atoms with Gasteiger partial charge in [-0.1, -0.05) is 18.2 Å². The normalized spacial score (nSPS) is 28.7. The van der Waals surface area contributed by atoms with Gasteiger partial charge < -0.3 is 15.4 Å². The van der Waals surface area contributed by atoms with E-state index in [-0.39, 0.29) is 54.3 Å². The van der Waals surface area contributed by atoms with Gasteiger partial charge in [0.05, 0.1) is 12.2 Å². The van der Waals surface area contributed by atoms with E-state index in [4.69, 9.17) is 4.74 Å². The molecule has 2 saturated heterocycles. The van der Waals surface area contributed by atoms with E-state index in [0.29, 0.717) is 0 Å². The highest BCUT2D eigenvalue weighted by Crippen LogP contribution is 2.58.